The molecule has 9 heavy (non-hydrogen) atoms. The van der Waals surface area contributed by atoms with Crippen LogP contribution < -0.4 is 5.32 Å². The molecule has 0 bridgehead atoms. The summed E-state index contributed by atoms with van der Waals surface area (Å²) in [6, 6.07) is 0. The first kappa shape index (κ1) is 7.07. The van der Waals surface area contributed by atoms with Gasteiger partial charge < -0.3 is 5.32 Å². The third-order valence-corrected chi connectivity index (χ3v) is 3.72. The zero-order chi connectivity index (χ0) is 7.28. The lowest BCUT2D eigenvalue weighted by Crippen LogP contribution is -2.29. The van der Waals surface area contributed by atoms with Crippen LogP contribution in [0.2, 0.25) is 0 Å². The standard InChI is InChI=1S/C8H17N/c1-6-7(2,3)8(6,4)9-5/h6,9H,1-5H3. The Bertz CT molecular complexity index is 129. The van der Waals surface area contributed by atoms with E-state index < -0.39 is 0 Å². The van der Waals surface area contributed by atoms with Crippen LogP contribution in [-0.2, 0) is 0 Å². The van der Waals surface area contributed by atoms with E-state index in [1.54, 1.807) is 0 Å². The molecule has 1 heteroatoms. The summed E-state index contributed by atoms with van der Waals surface area (Å²) < 4.78 is 0. The van der Waals surface area contributed by atoms with Crippen molar-refractivity contribution in [1.29, 1.82) is 0 Å². The summed E-state index contributed by atoms with van der Waals surface area (Å²) in [6.07, 6.45) is 0. The van der Waals surface area contributed by atoms with Gasteiger partial charge in [-0.3, -0.25) is 0 Å². The van der Waals surface area contributed by atoms with Gasteiger partial charge in [0.25, 0.3) is 0 Å². The Kier molecular flexibility index (Phi) is 1.19. The fraction of sp³-hybridized carbons (Fsp3) is 1.00. The number of nitrogens with one attached hydrogen (secondary N) is 1. The molecule has 1 aliphatic rings. The van der Waals surface area contributed by atoms with Gasteiger partial charge in [0.1, 0.15) is 0 Å². The van der Waals surface area contributed by atoms with Crippen LogP contribution in [0.5, 0.6) is 0 Å². The topological polar surface area (TPSA) is 12.0 Å². The summed E-state index contributed by atoms with van der Waals surface area (Å²) in [5.41, 5.74) is 0.898. The van der Waals surface area contributed by atoms with Crippen LogP contribution in [0.3, 0.4) is 0 Å². The molecule has 1 fully saturated rings. The lowest BCUT2D eigenvalue weighted by atomic mass is 10.1. The van der Waals surface area contributed by atoms with E-state index in [9.17, 15) is 0 Å². The van der Waals surface area contributed by atoms with Crippen molar-refractivity contribution in [3.05, 3.63) is 0 Å². The van der Waals surface area contributed by atoms with E-state index in [0.29, 0.717) is 11.0 Å². The van der Waals surface area contributed by atoms with Gasteiger partial charge in [-0.05, 0) is 25.3 Å². The van der Waals surface area contributed by atoms with Gasteiger partial charge in [0.2, 0.25) is 0 Å². The maximum absolute atomic E-state index is 3.36. The van der Waals surface area contributed by atoms with Crippen LogP contribution in [0.15, 0.2) is 0 Å². The van der Waals surface area contributed by atoms with Gasteiger partial charge in [0, 0.05) is 5.54 Å². The van der Waals surface area contributed by atoms with Gasteiger partial charge in [-0.25, -0.2) is 0 Å². The van der Waals surface area contributed by atoms with Crippen molar-refractivity contribution >= 4 is 0 Å². The molecule has 0 spiro atoms. The maximum Gasteiger partial charge on any atom is 0.0235 e. The van der Waals surface area contributed by atoms with Crippen LogP contribution in [0.4, 0.5) is 0 Å². The van der Waals surface area contributed by atoms with E-state index in [4.69, 9.17) is 0 Å². The van der Waals surface area contributed by atoms with Gasteiger partial charge in [0.15, 0.2) is 0 Å². The summed E-state index contributed by atoms with van der Waals surface area (Å²) in [5.74, 6) is 0.815. The molecule has 54 valence electrons. The molecule has 0 aliphatic heterocycles. The summed E-state index contributed by atoms with van der Waals surface area (Å²) in [6.45, 7) is 9.22. The first-order valence-electron chi connectivity index (χ1n) is 3.65. The molecule has 0 radical (unpaired) electrons. The third kappa shape index (κ3) is 0.586. The average molecular weight is 127 g/mol. The van der Waals surface area contributed by atoms with E-state index in [1.807, 2.05) is 7.05 Å². The Hall–Kier alpha value is -0.0400. The van der Waals surface area contributed by atoms with Crippen molar-refractivity contribution in [1.82, 2.24) is 5.32 Å². The third-order valence-electron chi connectivity index (χ3n) is 3.72. The molecule has 0 aromatic carbocycles. The Morgan fingerprint density at radius 2 is 1.56 bits per heavy atom. The van der Waals surface area contributed by atoms with E-state index in [2.05, 4.69) is 33.0 Å². The second-order valence-electron chi connectivity index (χ2n) is 3.90. The highest BCUT2D eigenvalue weighted by Gasteiger charge is 2.64. The van der Waals surface area contributed by atoms with E-state index in [0.717, 1.165) is 5.92 Å². The highest BCUT2D eigenvalue weighted by atomic mass is 15.1. The van der Waals surface area contributed by atoms with Gasteiger partial charge in [-0.15, -0.1) is 0 Å². The van der Waals surface area contributed by atoms with E-state index in [1.165, 1.54) is 0 Å². The SMILES string of the molecule is CNC1(C)C(C)C1(C)C. The number of rotatable bonds is 1. The maximum atomic E-state index is 3.36. The fourth-order valence-electron chi connectivity index (χ4n) is 1.81. The largest absolute Gasteiger partial charge is 0.314 e. The van der Waals surface area contributed by atoms with Crippen molar-refractivity contribution in [2.75, 3.05) is 7.05 Å². The van der Waals surface area contributed by atoms with Gasteiger partial charge in [-0.2, -0.15) is 0 Å². The minimum Gasteiger partial charge on any atom is -0.314 e. The second kappa shape index (κ2) is 1.51. The number of hydrogen-bond donors (Lipinski definition) is 1. The molecule has 0 aromatic heterocycles. The number of hydrogen-bond acceptors (Lipinski definition) is 1. The first-order valence-corrected chi connectivity index (χ1v) is 3.65. The van der Waals surface area contributed by atoms with Crippen molar-refractivity contribution < 1.29 is 0 Å². The second-order valence-corrected chi connectivity index (χ2v) is 3.90. The molecule has 0 aromatic rings. The van der Waals surface area contributed by atoms with Gasteiger partial charge in [0.05, 0.1) is 0 Å². The molecule has 2 unspecified atom stereocenters. The van der Waals surface area contributed by atoms with Crippen LogP contribution in [0.1, 0.15) is 27.7 Å². The van der Waals surface area contributed by atoms with Gasteiger partial charge >= 0.3 is 0 Å². The normalized spacial score (nSPS) is 47.0. The van der Waals surface area contributed by atoms with E-state index in [-0.39, 0.29) is 0 Å². The summed E-state index contributed by atoms with van der Waals surface area (Å²) in [4.78, 5) is 0. The van der Waals surface area contributed by atoms with Crippen molar-refractivity contribution in [2.45, 2.75) is 33.2 Å². The quantitative estimate of drug-likeness (QED) is 0.564. The molecule has 1 N–H and O–H groups in total. The lowest BCUT2D eigenvalue weighted by molar-refractivity contribution is 0.459. The molecule has 1 saturated carbocycles. The molecule has 0 heterocycles. The summed E-state index contributed by atoms with van der Waals surface area (Å²) in [7, 11) is 2.05. The fourth-order valence-corrected chi connectivity index (χ4v) is 1.81. The van der Waals surface area contributed by atoms with Crippen LogP contribution >= 0.6 is 0 Å². The molecular weight excluding hydrogens is 110 g/mol. The molecular formula is C8H17N. The van der Waals surface area contributed by atoms with E-state index >= 15 is 0 Å². The Balaban J connectivity index is 2.70. The van der Waals surface area contributed by atoms with Crippen molar-refractivity contribution in [3.8, 4) is 0 Å². The molecule has 1 aliphatic carbocycles. The van der Waals surface area contributed by atoms with Crippen LogP contribution in [0.25, 0.3) is 0 Å². The minimum atomic E-state index is 0.396. The highest BCUT2D eigenvalue weighted by Crippen LogP contribution is 2.60. The molecule has 0 amide bonds. The average Bonchev–Trinajstić information content (AvgIpc) is 2.16. The first-order chi connectivity index (χ1) is 3.97. The zero-order valence-corrected chi connectivity index (χ0v) is 7.08. The molecule has 0 saturated heterocycles. The van der Waals surface area contributed by atoms with Gasteiger partial charge in [-0.1, -0.05) is 20.8 Å². The smallest absolute Gasteiger partial charge is 0.0235 e. The molecule has 1 nitrogen and oxygen atoms in total. The van der Waals surface area contributed by atoms with Crippen LogP contribution in [0, 0.1) is 11.3 Å². The van der Waals surface area contributed by atoms with Crippen LogP contribution in [-0.4, -0.2) is 12.6 Å². The lowest BCUT2D eigenvalue weighted by Gasteiger charge is -2.11. The predicted octanol–water partition coefficient (Wildman–Crippen LogP) is 1.64. The molecule has 1 rings (SSSR count). The monoisotopic (exact) mass is 127 g/mol. The Morgan fingerprint density at radius 3 is 1.56 bits per heavy atom. The Labute approximate surface area is 57.8 Å². The predicted molar refractivity (Wildman–Crippen MR) is 40.4 cm³/mol. The van der Waals surface area contributed by atoms with Crippen molar-refractivity contribution in [3.63, 3.8) is 0 Å². The van der Waals surface area contributed by atoms with Crippen molar-refractivity contribution in [2.24, 2.45) is 11.3 Å². The minimum absolute atomic E-state index is 0.396. The summed E-state index contributed by atoms with van der Waals surface area (Å²) in [5, 5.41) is 3.36. The molecule has 2 atom stereocenters. The highest BCUT2D eigenvalue weighted by molar-refractivity contribution is 5.19. The zero-order valence-electron chi connectivity index (χ0n) is 7.08. The Morgan fingerprint density at radius 1 is 1.22 bits per heavy atom. The summed E-state index contributed by atoms with van der Waals surface area (Å²) >= 11 is 0.